The Hall–Kier alpha value is -1.09. The molecule has 0 spiro atoms. The number of hydrogen-bond donors (Lipinski definition) is 1. The summed E-state index contributed by atoms with van der Waals surface area (Å²) in [5, 5.41) is 3.16. The highest BCUT2D eigenvalue weighted by atomic mass is 19.1. The monoisotopic (exact) mass is 197 g/mol. The molecule has 2 nitrogen and oxygen atoms in total. The largest absolute Gasteiger partial charge is 0.496 e. The van der Waals surface area contributed by atoms with Crippen molar-refractivity contribution in [3.05, 3.63) is 29.6 Å². The molecule has 14 heavy (non-hydrogen) atoms. The average Bonchev–Trinajstić information content (AvgIpc) is 2.17. The predicted molar refractivity (Wildman–Crippen MR) is 55.0 cm³/mol. The van der Waals surface area contributed by atoms with Crippen molar-refractivity contribution in [1.29, 1.82) is 0 Å². The molecule has 0 aliphatic rings. The summed E-state index contributed by atoms with van der Waals surface area (Å²) in [5.74, 6) is 0.372. The van der Waals surface area contributed by atoms with Crippen molar-refractivity contribution in [3.8, 4) is 5.75 Å². The molecule has 0 saturated carbocycles. The van der Waals surface area contributed by atoms with Crippen LogP contribution in [0, 0.1) is 5.82 Å². The normalized spacial score (nSPS) is 12.6. The van der Waals surface area contributed by atoms with E-state index in [1.165, 1.54) is 6.07 Å². The molecular formula is C11H16FNO. The first-order chi connectivity index (χ1) is 6.70. The molecule has 0 aliphatic carbocycles. The molecule has 1 aromatic rings. The van der Waals surface area contributed by atoms with E-state index in [0.717, 1.165) is 6.54 Å². The third-order valence-corrected chi connectivity index (χ3v) is 2.18. The van der Waals surface area contributed by atoms with Crippen LogP contribution in [0.2, 0.25) is 0 Å². The SMILES string of the molecule is CCNC(C)c1c(F)cccc1OC. The molecule has 1 aromatic carbocycles. The third kappa shape index (κ3) is 2.23. The van der Waals surface area contributed by atoms with Crippen LogP contribution in [0.3, 0.4) is 0 Å². The molecule has 1 unspecified atom stereocenters. The van der Waals surface area contributed by atoms with Gasteiger partial charge in [-0.05, 0) is 25.6 Å². The zero-order chi connectivity index (χ0) is 10.6. The molecule has 0 amide bonds. The molecule has 0 heterocycles. The number of rotatable bonds is 4. The van der Waals surface area contributed by atoms with Crippen LogP contribution in [0.15, 0.2) is 18.2 Å². The zero-order valence-corrected chi connectivity index (χ0v) is 8.80. The van der Waals surface area contributed by atoms with Gasteiger partial charge in [-0.3, -0.25) is 0 Å². The standard InChI is InChI=1S/C11H16FNO/c1-4-13-8(2)11-9(12)6-5-7-10(11)14-3/h5-8,13H,4H2,1-3H3. The Morgan fingerprint density at radius 2 is 2.21 bits per heavy atom. The van der Waals surface area contributed by atoms with Crippen LogP contribution in [-0.2, 0) is 0 Å². The highest BCUT2D eigenvalue weighted by Crippen LogP contribution is 2.27. The molecule has 0 fully saturated rings. The molecule has 3 heteroatoms. The number of benzene rings is 1. The Bertz CT molecular complexity index is 301. The predicted octanol–water partition coefficient (Wildman–Crippen LogP) is 2.50. The molecule has 0 aliphatic heterocycles. The van der Waals surface area contributed by atoms with Gasteiger partial charge in [-0.25, -0.2) is 4.39 Å². The van der Waals surface area contributed by atoms with Gasteiger partial charge in [0.1, 0.15) is 11.6 Å². The minimum absolute atomic E-state index is 0.0313. The maximum absolute atomic E-state index is 13.5. The Morgan fingerprint density at radius 3 is 2.79 bits per heavy atom. The van der Waals surface area contributed by atoms with Crippen LogP contribution in [0.25, 0.3) is 0 Å². The first-order valence-electron chi connectivity index (χ1n) is 4.76. The first-order valence-corrected chi connectivity index (χ1v) is 4.76. The Labute approximate surface area is 84.1 Å². The molecule has 0 aromatic heterocycles. The summed E-state index contributed by atoms with van der Waals surface area (Å²) in [6.07, 6.45) is 0. The van der Waals surface area contributed by atoms with E-state index in [1.54, 1.807) is 19.2 Å². The lowest BCUT2D eigenvalue weighted by Gasteiger charge is -2.16. The van der Waals surface area contributed by atoms with E-state index in [4.69, 9.17) is 4.74 Å². The fraction of sp³-hybridized carbons (Fsp3) is 0.455. The second-order valence-electron chi connectivity index (χ2n) is 3.14. The van der Waals surface area contributed by atoms with Crippen molar-refractivity contribution in [2.75, 3.05) is 13.7 Å². The summed E-state index contributed by atoms with van der Waals surface area (Å²) in [5.41, 5.74) is 0.594. The number of ether oxygens (including phenoxy) is 1. The van der Waals surface area contributed by atoms with Crippen LogP contribution < -0.4 is 10.1 Å². The summed E-state index contributed by atoms with van der Waals surface area (Å²) in [7, 11) is 1.55. The second-order valence-corrected chi connectivity index (χ2v) is 3.14. The van der Waals surface area contributed by atoms with Gasteiger partial charge in [-0.2, -0.15) is 0 Å². The fourth-order valence-electron chi connectivity index (χ4n) is 1.52. The maximum atomic E-state index is 13.5. The molecule has 78 valence electrons. The number of hydrogen-bond acceptors (Lipinski definition) is 2. The van der Waals surface area contributed by atoms with Gasteiger partial charge in [0.15, 0.2) is 0 Å². The second kappa shape index (κ2) is 4.96. The van der Waals surface area contributed by atoms with Crippen molar-refractivity contribution in [2.24, 2.45) is 0 Å². The summed E-state index contributed by atoms with van der Waals surface area (Å²) in [6.45, 7) is 4.72. The fourth-order valence-corrected chi connectivity index (χ4v) is 1.52. The van der Waals surface area contributed by atoms with Gasteiger partial charge >= 0.3 is 0 Å². The van der Waals surface area contributed by atoms with Crippen molar-refractivity contribution in [2.45, 2.75) is 19.9 Å². The summed E-state index contributed by atoms with van der Waals surface area (Å²) in [6, 6.07) is 4.84. The van der Waals surface area contributed by atoms with Crippen molar-refractivity contribution < 1.29 is 9.13 Å². The van der Waals surface area contributed by atoms with E-state index in [2.05, 4.69) is 5.32 Å². The molecule has 1 N–H and O–H groups in total. The third-order valence-electron chi connectivity index (χ3n) is 2.18. The van der Waals surface area contributed by atoms with E-state index < -0.39 is 0 Å². The smallest absolute Gasteiger partial charge is 0.131 e. The first kappa shape index (κ1) is 11.0. The summed E-state index contributed by atoms with van der Waals surface area (Å²) < 4.78 is 18.6. The number of nitrogens with one attached hydrogen (secondary N) is 1. The van der Waals surface area contributed by atoms with Gasteiger partial charge in [-0.1, -0.05) is 13.0 Å². The van der Waals surface area contributed by atoms with E-state index in [0.29, 0.717) is 11.3 Å². The molecule has 0 radical (unpaired) electrons. The Kier molecular flexibility index (Phi) is 3.89. The van der Waals surface area contributed by atoms with Crippen LogP contribution in [0.1, 0.15) is 25.5 Å². The number of methoxy groups -OCH3 is 1. The Balaban J connectivity index is 3.03. The van der Waals surface area contributed by atoms with E-state index in [9.17, 15) is 4.39 Å². The van der Waals surface area contributed by atoms with Crippen molar-refractivity contribution in [1.82, 2.24) is 5.32 Å². The van der Waals surface area contributed by atoms with Gasteiger partial charge in [-0.15, -0.1) is 0 Å². The van der Waals surface area contributed by atoms with E-state index in [-0.39, 0.29) is 11.9 Å². The minimum Gasteiger partial charge on any atom is -0.496 e. The lowest BCUT2D eigenvalue weighted by molar-refractivity contribution is 0.395. The highest BCUT2D eigenvalue weighted by molar-refractivity contribution is 5.36. The zero-order valence-electron chi connectivity index (χ0n) is 8.80. The van der Waals surface area contributed by atoms with Gasteiger partial charge < -0.3 is 10.1 Å². The Morgan fingerprint density at radius 1 is 1.50 bits per heavy atom. The maximum Gasteiger partial charge on any atom is 0.131 e. The van der Waals surface area contributed by atoms with Gasteiger partial charge in [0.05, 0.1) is 7.11 Å². The lowest BCUT2D eigenvalue weighted by Crippen LogP contribution is -2.19. The quantitative estimate of drug-likeness (QED) is 0.800. The van der Waals surface area contributed by atoms with Gasteiger partial charge in [0.2, 0.25) is 0 Å². The van der Waals surface area contributed by atoms with Gasteiger partial charge in [0, 0.05) is 11.6 Å². The highest BCUT2D eigenvalue weighted by Gasteiger charge is 2.14. The molecule has 1 rings (SSSR count). The summed E-state index contributed by atoms with van der Waals surface area (Å²) in [4.78, 5) is 0. The summed E-state index contributed by atoms with van der Waals surface area (Å²) >= 11 is 0. The van der Waals surface area contributed by atoms with Crippen LogP contribution in [0.5, 0.6) is 5.75 Å². The van der Waals surface area contributed by atoms with E-state index in [1.807, 2.05) is 13.8 Å². The molecule has 1 atom stereocenters. The van der Waals surface area contributed by atoms with Crippen LogP contribution in [-0.4, -0.2) is 13.7 Å². The van der Waals surface area contributed by atoms with Gasteiger partial charge in [0.25, 0.3) is 0 Å². The lowest BCUT2D eigenvalue weighted by atomic mass is 10.1. The van der Waals surface area contributed by atoms with Crippen molar-refractivity contribution in [3.63, 3.8) is 0 Å². The molecule has 0 saturated heterocycles. The van der Waals surface area contributed by atoms with Crippen molar-refractivity contribution >= 4 is 0 Å². The topological polar surface area (TPSA) is 21.3 Å². The average molecular weight is 197 g/mol. The molecular weight excluding hydrogens is 181 g/mol. The number of halogens is 1. The minimum atomic E-state index is -0.224. The molecule has 0 bridgehead atoms. The van der Waals surface area contributed by atoms with Crippen LogP contribution >= 0.6 is 0 Å². The van der Waals surface area contributed by atoms with E-state index >= 15 is 0 Å². The van der Waals surface area contributed by atoms with Crippen LogP contribution in [0.4, 0.5) is 4.39 Å².